The number of sulfone groups is 1. The normalized spacial score (nSPS) is 19.5. The molecule has 208 valence electrons. The molecule has 1 unspecified atom stereocenters. The molecule has 0 fully saturated rings. The molecule has 6 nitrogen and oxygen atoms in total. The average molecular weight is 550 g/mol. The number of hydrogen-bond donors (Lipinski definition) is 2. The van der Waals surface area contributed by atoms with Crippen LogP contribution < -0.4 is 5.32 Å². The molecule has 4 rings (SSSR count). The Balaban J connectivity index is 1.74. The standard InChI is InChI=1S/C32H39NO5S/c1-3-5-19-32(20-6-4-2)23-39(36,37)28-18-17-26(33-31(35)38-22-24-13-9-7-10-14-24)21-27(28)29(30(32)34)25-15-11-8-12-16-25/h7-18,21,29-30,34H,3-6,19-20,22-23H2,1-2H3,(H,33,35)/t29-,30?/m1/s1. The van der Waals surface area contributed by atoms with Gasteiger partial charge in [-0.15, -0.1) is 0 Å². The molecule has 39 heavy (non-hydrogen) atoms. The molecule has 1 heterocycles. The van der Waals surface area contributed by atoms with Gasteiger partial charge in [0, 0.05) is 17.0 Å². The van der Waals surface area contributed by atoms with Crippen molar-refractivity contribution in [1.29, 1.82) is 0 Å². The average Bonchev–Trinajstić information content (AvgIpc) is 3.01. The van der Waals surface area contributed by atoms with Crippen LogP contribution >= 0.6 is 0 Å². The molecule has 7 heteroatoms. The first kappa shape index (κ1) is 28.8. The molecule has 1 aliphatic heterocycles. The van der Waals surface area contributed by atoms with E-state index < -0.39 is 33.4 Å². The maximum atomic E-state index is 13.9. The lowest BCUT2D eigenvalue weighted by atomic mass is 9.68. The Morgan fingerprint density at radius 2 is 1.56 bits per heavy atom. The second-order valence-electron chi connectivity index (χ2n) is 10.6. The van der Waals surface area contributed by atoms with Crippen molar-refractivity contribution < 1.29 is 23.1 Å². The van der Waals surface area contributed by atoms with Crippen molar-refractivity contribution in [3.63, 3.8) is 0 Å². The van der Waals surface area contributed by atoms with Gasteiger partial charge in [-0.25, -0.2) is 13.2 Å². The summed E-state index contributed by atoms with van der Waals surface area (Å²) in [6.07, 6.45) is 3.26. The summed E-state index contributed by atoms with van der Waals surface area (Å²) in [4.78, 5) is 12.8. The van der Waals surface area contributed by atoms with Gasteiger partial charge in [0.25, 0.3) is 0 Å². The molecular weight excluding hydrogens is 510 g/mol. The van der Waals surface area contributed by atoms with Gasteiger partial charge >= 0.3 is 6.09 Å². The summed E-state index contributed by atoms with van der Waals surface area (Å²) in [5, 5.41) is 14.9. The minimum absolute atomic E-state index is 0.0939. The third kappa shape index (κ3) is 6.71. The van der Waals surface area contributed by atoms with Crippen LogP contribution in [-0.2, 0) is 21.2 Å². The maximum absolute atomic E-state index is 13.9. The van der Waals surface area contributed by atoms with Crippen LogP contribution in [0.2, 0.25) is 0 Å². The van der Waals surface area contributed by atoms with Gasteiger partial charge in [-0.05, 0) is 47.7 Å². The first-order valence-corrected chi connectivity index (χ1v) is 15.5. The highest BCUT2D eigenvalue weighted by Gasteiger charge is 2.49. The van der Waals surface area contributed by atoms with Crippen molar-refractivity contribution in [2.75, 3.05) is 11.1 Å². The van der Waals surface area contributed by atoms with Crippen molar-refractivity contribution >= 4 is 21.6 Å². The molecule has 3 aromatic carbocycles. The van der Waals surface area contributed by atoms with Crippen LogP contribution in [0.4, 0.5) is 10.5 Å². The highest BCUT2D eigenvalue weighted by Crippen LogP contribution is 2.49. The van der Waals surface area contributed by atoms with Gasteiger partial charge in [-0.2, -0.15) is 0 Å². The first-order valence-electron chi connectivity index (χ1n) is 13.9. The van der Waals surface area contributed by atoms with Crippen LogP contribution in [0.3, 0.4) is 0 Å². The van der Waals surface area contributed by atoms with E-state index in [1.807, 2.05) is 60.7 Å². The van der Waals surface area contributed by atoms with Crippen LogP contribution in [0.5, 0.6) is 0 Å². The number of ether oxygens (including phenoxy) is 1. The number of unbranched alkanes of at least 4 members (excludes halogenated alkanes) is 2. The molecule has 0 spiro atoms. The second-order valence-corrected chi connectivity index (χ2v) is 12.6. The fraction of sp³-hybridized carbons (Fsp3) is 0.406. The fourth-order valence-corrected chi connectivity index (χ4v) is 7.93. The fourth-order valence-electron chi connectivity index (χ4n) is 5.74. The monoisotopic (exact) mass is 549 g/mol. The van der Waals surface area contributed by atoms with E-state index in [-0.39, 0.29) is 17.3 Å². The smallest absolute Gasteiger partial charge is 0.411 e. The Bertz CT molecular complexity index is 1330. The Labute approximate surface area is 232 Å². The summed E-state index contributed by atoms with van der Waals surface area (Å²) in [6.45, 7) is 4.29. The Kier molecular flexibility index (Phi) is 9.46. The van der Waals surface area contributed by atoms with Crippen molar-refractivity contribution in [1.82, 2.24) is 0 Å². The number of aliphatic hydroxyl groups excluding tert-OH is 1. The molecule has 0 bridgehead atoms. The zero-order valence-electron chi connectivity index (χ0n) is 22.8. The largest absolute Gasteiger partial charge is 0.444 e. The third-order valence-corrected chi connectivity index (χ3v) is 9.77. The first-order chi connectivity index (χ1) is 18.8. The van der Waals surface area contributed by atoms with Gasteiger partial charge < -0.3 is 9.84 Å². The van der Waals surface area contributed by atoms with E-state index in [4.69, 9.17) is 4.74 Å². The van der Waals surface area contributed by atoms with Crippen LogP contribution in [0.1, 0.15) is 75.0 Å². The minimum Gasteiger partial charge on any atom is -0.444 e. The van der Waals surface area contributed by atoms with Gasteiger partial charge in [0.15, 0.2) is 9.84 Å². The van der Waals surface area contributed by atoms with Crippen LogP contribution in [-0.4, -0.2) is 31.5 Å². The van der Waals surface area contributed by atoms with Crippen LogP contribution in [0.25, 0.3) is 0 Å². The van der Waals surface area contributed by atoms with Gasteiger partial charge in [0.1, 0.15) is 6.61 Å². The van der Waals surface area contributed by atoms with Crippen molar-refractivity contribution in [3.05, 3.63) is 95.6 Å². The number of hydrogen-bond acceptors (Lipinski definition) is 5. The predicted molar refractivity (Wildman–Crippen MR) is 155 cm³/mol. The number of rotatable bonds is 10. The molecule has 0 saturated carbocycles. The number of amides is 1. The predicted octanol–water partition coefficient (Wildman–Crippen LogP) is 7.08. The molecule has 0 aliphatic carbocycles. The molecule has 0 aromatic heterocycles. The summed E-state index contributed by atoms with van der Waals surface area (Å²) < 4.78 is 33.2. The molecule has 2 N–H and O–H groups in total. The van der Waals surface area contributed by atoms with Gasteiger partial charge in [0.2, 0.25) is 0 Å². The van der Waals surface area contributed by atoms with Crippen LogP contribution in [0.15, 0.2) is 83.8 Å². The Hall–Kier alpha value is -3.16. The number of anilines is 1. The van der Waals surface area contributed by atoms with E-state index in [1.54, 1.807) is 18.2 Å². The second kappa shape index (κ2) is 12.8. The number of aliphatic hydroxyl groups is 1. The van der Waals surface area contributed by atoms with Crippen molar-refractivity contribution in [2.45, 2.75) is 75.9 Å². The number of fused-ring (bicyclic) bond motifs is 1. The van der Waals surface area contributed by atoms with Gasteiger partial charge in [-0.1, -0.05) is 100 Å². The number of carbonyl (C=O) groups is 1. The molecular formula is C32H39NO5S. The van der Waals surface area contributed by atoms with E-state index in [0.29, 0.717) is 24.1 Å². The molecule has 2 atom stereocenters. The molecule has 3 aromatic rings. The van der Waals surface area contributed by atoms with E-state index in [2.05, 4.69) is 19.2 Å². The highest BCUT2D eigenvalue weighted by molar-refractivity contribution is 7.91. The zero-order valence-corrected chi connectivity index (χ0v) is 23.6. The van der Waals surface area contributed by atoms with E-state index in [1.165, 1.54) is 0 Å². The topological polar surface area (TPSA) is 92.7 Å². The maximum Gasteiger partial charge on any atom is 0.411 e. The lowest BCUT2D eigenvalue weighted by Crippen LogP contribution is -2.43. The van der Waals surface area contributed by atoms with Crippen molar-refractivity contribution in [3.8, 4) is 0 Å². The SMILES string of the molecule is CCCCC1(CCCC)CS(=O)(=O)c2ccc(NC(=O)OCc3ccccc3)cc2[C@@H](c2ccccc2)C1O. The number of nitrogens with one attached hydrogen (secondary N) is 1. The number of carbonyl (C=O) groups excluding carboxylic acids is 1. The van der Waals surface area contributed by atoms with E-state index >= 15 is 0 Å². The third-order valence-electron chi connectivity index (χ3n) is 7.77. The summed E-state index contributed by atoms with van der Waals surface area (Å²) in [5.41, 5.74) is 1.87. The highest BCUT2D eigenvalue weighted by atomic mass is 32.2. The number of benzene rings is 3. The van der Waals surface area contributed by atoms with E-state index in [0.717, 1.165) is 36.8 Å². The van der Waals surface area contributed by atoms with Crippen molar-refractivity contribution in [2.24, 2.45) is 5.41 Å². The van der Waals surface area contributed by atoms with E-state index in [9.17, 15) is 18.3 Å². The van der Waals surface area contributed by atoms with Crippen LogP contribution in [0, 0.1) is 5.41 Å². The summed E-state index contributed by atoms with van der Waals surface area (Å²) >= 11 is 0. The molecule has 1 aliphatic rings. The molecule has 0 radical (unpaired) electrons. The summed E-state index contributed by atoms with van der Waals surface area (Å²) in [6, 6.07) is 23.8. The van der Waals surface area contributed by atoms with Gasteiger partial charge in [0.05, 0.1) is 16.8 Å². The quantitative estimate of drug-likeness (QED) is 0.282. The Morgan fingerprint density at radius 1 is 0.949 bits per heavy atom. The summed E-state index contributed by atoms with van der Waals surface area (Å²) in [5.74, 6) is -0.655. The zero-order chi connectivity index (χ0) is 27.9. The molecule has 0 saturated heterocycles. The molecule has 1 amide bonds. The minimum atomic E-state index is -3.72. The lowest BCUT2D eigenvalue weighted by molar-refractivity contribution is 0.0127. The lowest BCUT2D eigenvalue weighted by Gasteiger charge is -2.40. The summed E-state index contributed by atoms with van der Waals surface area (Å²) in [7, 11) is -3.72. The van der Waals surface area contributed by atoms with Gasteiger partial charge in [-0.3, -0.25) is 5.32 Å². The Morgan fingerprint density at radius 3 is 2.18 bits per heavy atom.